The lowest BCUT2D eigenvalue weighted by Gasteiger charge is -2.32. The largest absolute Gasteiger partial charge is 0.383 e. The number of morpholine rings is 1. The van der Waals surface area contributed by atoms with Gasteiger partial charge in [0.25, 0.3) is 5.91 Å². The lowest BCUT2D eigenvalue weighted by molar-refractivity contribution is 0.00322. The zero-order chi connectivity index (χ0) is 20.4. The first-order chi connectivity index (χ1) is 14.1. The molecule has 0 spiro atoms. The number of carbonyl (C=O) groups excluding carboxylic acids is 1. The van der Waals surface area contributed by atoms with Gasteiger partial charge in [0.15, 0.2) is 5.69 Å². The zero-order valence-electron chi connectivity index (χ0n) is 17.4. The fourth-order valence-electron chi connectivity index (χ4n) is 4.18. The van der Waals surface area contributed by atoms with Gasteiger partial charge in [-0.25, -0.2) is 4.68 Å². The molecule has 1 saturated heterocycles. The Labute approximate surface area is 171 Å². The van der Waals surface area contributed by atoms with E-state index in [1.807, 2.05) is 23.4 Å². The summed E-state index contributed by atoms with van der Waals surface area (Å²) in [5.41, 5.74) is 4.81. The zero-order valence-corrected chi connectivity index (χ0v) is 17.4. The summed E-state index contributed by atoms with van der Waals surface area (Å²) in [6.45, 7) is 9.19. The maximum Gasteiger partial charge on any atom is 0.276 e. The Morgan fingerprint density at radius 3 is 3.00 bits per heavy atom. The number of hydrogen-bond donors (Lipinski definition) is 0. The summed E-state index contributed by atoms with van der Waals surface area (Å²) in [6, 6.07) is 6.34. The van der Waals surface area contributed by atoms with Crippen LogP contribution in [0.25, 0.3) is 5.69 Å². The first-order valence-electron chi connectivity index (χ1n) is 10.2. The third-order valence-corrected chi connectivity index (χ3v) is 5.89. The molecule has 4 rings (SSSR count). The molecule has 0 bridgehead atoms. The highest BCUT2D eigenvalue weighted by molar-refractivity contribution is 5.93. The summed E-state index contributed by atoms with van der Waals surface area (Å²) in [7, 11) is 1.74. The molecule has 2 aliphatic heterocycles. The van der Waals surface area contributed by atoms with Crippen LogP contribution in [-0.4, -0.2) is 83.3 Å². The summed E-state index contributed by atoms with van der Waals surface area (Å²) in [4.78, 5) is 17.3. The quantitative estimate of drug-likeness (QED) is 0.758. The molecular weight excluding hydrogens is 370 g/mol. The molecule has 0 N–H and O–H groups in total. The van der Waals surface area contributed by atoms with Crippen LogP contribution in [0.5, 0.6) is 0 Å². The Morgan fingerprint density at radius 2 is 2.21 bits per heavy atom. The molecular formula is C21H29N5O3. The second kappa shape index (κ2) is 8.61. The lowest BCUT2D eigenvalue weighted by Crippen LogP contribution is -2.47. The van der Waals surface area contributed by atoms with Gasteiger partial charge >= 0.3 is 0 Å². The van der Waals surface area contributed by atoms with Crippen molar-refractivity contribution >= 4 is 5.91 Å². The number of benzene rings is 1. The molecule has 1 aromatic carbocycles. The van der Waals surface area contributed by atoms with Gasteiger partial charge in [-0.2, -0.15) is 0 Å². The van der Waals surface area contributed by atoms with Crippen molar-refractivity contribution in [2.24, 2.45) is 0 Å². The van der Waals surface area contributed by atoms with Gasteiger partial charge < -0.3 is 14.4 Å². The average Bonchev–Trinajstić information content (AvgIpc) is 3.12. The van der Waals surface area contributed by atoms with Crippen LogP contribution in [0.15, 0.2) is 18.2 Å². The number of methoxy groups -OCH3 is 1. The summed E-state index contributed by atoms with van der Waals surface area (Å²) in [5, 5.41) is 8.62. The molecule has 0 saturated carbocycles. The molecule has 8 nitrogen and oxygen atoms in total. The van der Waals surface area contributed by atoms with E-state index in [1.165, 1.54) is 11.1 Å². The number of rotatable bonds is 5. The highest BCUT2D eigenvalue weighted by atomic mass is 16.5. The van der Waals surface area contributed by atoms with E-state index < -0.39 is 0 Å². The van der Waals surface area contributed by atoms with Crippen LogP contribution in [0.3, 0.4) is 0 Å². The SMILES string of the molecule is COCCN1CCc2c(cccc2-n2nnc(C(=O)N3CCOCC3C)c2C)C1. The minimum absolute atomic E-state index is 0.0448. The van der Waals surface area contributed by atoms with E-state index in [0.717, 1.165) is 44.0 Å². The number of amides is 1. The van der Waals surface area contributed by atoms with Gasteiger partial charge in [0.2, 0.25) is 0 Å². The summed E-state index contributed by atoms with van der Waals surface area (Å²) in [5.74, 6) is -0.0694. The number of aromatic nitrogens is 3. The number of ether oxygens (including phenoxy) is 2. The van der Waals surface area contributed by atoms with Gasteiger partial charge in [-0.15, -0.1) is 5.10 Å². The van der Waals surface area contributed by atoms with E-state index in [2.05, 4.69) is 33.4 Å². The summed E-state index contributed by atoms with van der Waals surface area (Å²) < 4.78 is 12.5. The van der Waals surface area contributed by atoms with E-state index in [4.69, 9.17) is 9.47 Å². The van der Waals surface area contributed by atoms with Crippen LogP contribution in [0, 0.1) is 6.92 Å². The minimum atomic E-state index is -0.0694. The average molecular weight is 399 g/mol. The fraction of sp³-hybridized carbons (Fsp3) is 0.571. The predicted octanol–water partition coefficient (Wildman–Crippen LogP) is 1.44. The van der Waals surface area contributed by atoms with Crippen molar-refractivity contribution in [3.63, 3.8) is 0 Å². The van der Waals surface area contributed by atoms with E-state index in [1.54, 1.807) is 7.11 Å². The highest BCUT2D eigenvalue weighted by Gasteiger charge is 2.29. The van der Waals surface area contributed by atoms with Gasteiger partial charge in [0, 0.05) is 33.3 Å². The summed E-state index contributed by atoms with van der Waals surface area (Å²) >= 11 is 0. The molecule has 1 fully saturated rings. The second-order valence-electron chi connectivity index (χ2n) is 7.79. The molecule has 29 heavy (non-hydrogen) atoms. The van der Waals surface area contributed by atoms with E-state index >= 15 is 0 Å². The minimum Gasteiger partial charge on any atom is -0.383 e. The third kappa shape index (κ3) is 3.92. The molecule has 1 unspecified atom stereocenters. The Hall–Kier alpha value is -2.29. The molecule has 0 aliphatic carbocycles. The van der Waals surface area contributed by atoms with Crippen LogP contribution in [-0.2, 0) is 22.4 Å². The lowest BCUT2D eigenvalue weighted by atomic mass is 9.97. The van der Waals surface area contributed by atoms with Gasteiger partial charge in [-0.05, 0) is 37.5 Å². The second-order valence-corrected chi connectivity index (χ2v) is 7.79. The van der Waals surface area contributed by atoms with E-state index in [9.17, 15) is 4.79 Å². The van der Waals surface area contributed by atoms with Crippen molar-refractivity contribution in [3.05, 3.63) is 40.7 Å². The number of carbonyl (C=O) groups is 1. The van der Waals surface area contributed by atoms with Crippen LogP contribution in [0.4, 0.5) is 0 Å². The van der Waals surface area contributed by atoms with E-state index in [-0.39, 0.29) is 11.9 Å². The van der Waals surface area contributed by atoms with Gasteiger partial charge in [0.05, 0.1) is 37.2 Å². The molecule has 8 heteroatoms. The Balaban J connectivity index is 1.60. The molecule has 3 heterocycles. The maximum absolute atomic E-state index is 13.0. The Morgan fingerprint density at radius 1 is 1.34 bits per heavy atom. The molecule has 1 aromatic heterocycles. The normalized spacial score (nSPS) is 20.0. The molecule has 0 radical (unpaired) electrons. The van der Waals surface area contributed by atoms with Crippen LogP contribution < -0.4 is 0 Å². The van der Waals surface area contributed by atoms with Gasteiger partial charge in [-0.1, -0.05) is 17.3 Å². The maximum atomic E-state index is 13.0. The van der Waals surface area contributed by atoms with Crippen LogP contribution in [0.1, 0.15) is 34.2 Å². The van der Waals surface area contributed by atoms with Crippen molar-refractivity contribution < 1.29 is 14.3 Å². The predicted molar refractivity (Wildman–Crippen MR) is 108 cm³/mol. The monoisotopic (exact) mass is 399 g/mol. The standard InChI is InChI=1S/C21H29N5O3/c1-15-14-29-12-10-25(15)21(27)20-16(2)26(23-22-20)19-6-4-5-17-13-24(9-11-28-3)8-7-18(17)19/h4-6,15H,7-14H2,1-3H3. The van der Waals surface area contributed by atoms with Crippen molar-refractivity contribution in [1.82, 2.24) is 24.8 Å². The number of nitrogens with zero attached hydrogens (tertiary/aromatic N) is 5. The number of fused-ring (bicyclic) bond motifs is 1. The highest BCUT2D eigenvalue weighted by Crippen LogP contribution is 2.26. The van der Waals surface area contributed by atoms with Crippen molar-refractivity contribution in [2.45, 2.75) is 32.9 Å². The van der Waals surface area contributed by atoms with Crippen molar-refractivity contribution in [1.29, 1.82) is 0 Å². The first-order valence-corrected chi connectivity index (χ1v) is 10.2. The molecule has 2 aromatic rings. The smallest absolute Gasteiger partial charge is 0.276 e. The van der Waals surface area contributed by atoms with Crippen LogP contribution in [0.2, 0.25) is 0 Å². The van der Waals surface area contributed by atoms with E-state index in [0.29, 0.717) is 25.5 Å². The number of hydrogen-bond acceptors (Lipinski definition) is 6. The van der Waals surface area contributed by atoms with Crippen molar-refractivity contribution in [2.75, 3.05) is 46.6 Å². The van der Waals surface area contributed by atoms with Gasteiger partial charge in [0.1, 0.15) is 0 Å². The summed E-state index contributed by atoms with van der Waals surface area (Å²) in [6.07, 6.45) is 0.943. The third-order valence-electron chi connectivity index (χ3n) is 5.89. The van der Waals surface area contributed by atoms with Crippen LogP contribution >= 0.6 is 0 Å². The fourth-order valence-corrected chi connectivity index (χ4v) is 4.18. The van der Waals surface area contributed by atoms with Crippen molar-refractivity contribution in [3.8, 4) is 5.69 Å². The topological polar surface area (TPSA) is 72.7 Å². The molecule has 2 aliphatic rings. The Kier molecular flexibility index (Phi) is 5.94. The molecule has 1 amide bonds. The van der Waals surface area contributed by atoms with Gasteiger partial charge in [-0.3, -0.25) is 9.69 Å². The first kappa shape index (κ1) is 20.0. The molecule has 156 valence electrons. The molecule has 1 atom stereocenters. The Bertz CT molecular complexity index is 881.